The lowest BCUT2D eigenvalue weighted by molar-refractivity contribution is -0.0753. The molecule has 1 unspecified atom stereocenters. The number of aryl methyl sites for hydroxylation is 1. The second kappa shape index (κ2) is 7.33. The SMILES string of the molecule is Cn1cc(CN2CCC(OCC3CCCCO3)CC2)nn1. The quantitative estimate of drug-likeness (QED) is 0.821. The summed E-state index contributed by atoms with van der Waals surface area (Å²) in [7, 11) is 1.91. The second-order valence-corrected chi connectivity index (χ2v) is 6.18. The molecule has 3 heterocycles. The van der Waals surface area contributed by atoms with E-state index in [0.29, 0.717) is 12.2 Å². The van der Waals surface area contributed by atoms with E-state index in [2.05, 4.69) is 15.2 Å². The molecule has 0 aliphatic carbocycles. The van der Waals surface area contributed by atoms with Crippen molar-refractivity contribution in [1.29, 1.82) is 0 Å². The third-order valence-electron chi connectivity index (χ3n) is 4.36. The van der Waals surface area contributed by atoms with Crippen molar-refractivity contribution in [2.24, 2.45) is 7.05 Å². The topological polar surface area (TPSA) is 52.4 Å². The van der Waals surface area contributed by atoms with Crippen LogP contribution in [0.1, 0.15) is 37.8 Å². The molecule has 0 N–H and O–H groups in total. The third-order valence-corrected chi connectivity index (χ3v) is 4.36. The fourth-order valence-corrected chi connectivity index (χ4v) is 3.11. The molecule has 118 valence electrons. The average Bonchev–Trinajstić information content (AvgIpc) is 2.93. The number of hydrogen-bond acceptors (Lipinski definition) is 5. The van der Waals surface area contributed by atoms with E-state index in [0.717, 1.165) is 57.8 Å². The van der Waals surface area contributed by atoms with E-state index in [-0.39, 0.29) is 0 Å². The van der Waals surface area contributed by atoms with E-state index >= 15 is 0 Å². The van der Waals surface area contributed by atoms with E-state index in [1.54, 1.807) is 4.68 Å². The van der Waals surface area contributed by atoms with Crippen LogP contribution in [0.25, 0.3) is 0 Å². The number of nitrogens with zero attached hydrogens (tertiary/aromatic N) is 4. The van der Waals surface area contributed by atoms with Crippen LogP contribution < -0.4 is 0 Å². The molecule has 0 saturated carbocycles. The predicted octanol–water partition coefficient (Wildman–Crippen LogP) is 1.37. The van der Waals surface area contributed by atoms with Gasteiger partial charge in [0.25, 0.3) is 0 Å². The number of hydrogen-bond donors (Lipinski definition) is 0. The first-order valence-electron chi connectivity index (χ1n) is 8.10. The zero-order chi connectivity index (χ0) is 14.5. The van der Waals surface area contributed by atoms with E-state index in [9.17, 15) is 0 Å². The van der Waals surface area contributed by atoms with Gasteiger partial charge in [-0.1, -0.05) is 5.21 Å². The molecule has 1 aromatic rings. The number of rotatable bonds is 5. The fourth-order valence-electron chi connectivity index (χ4n) is 3.11. The van der Waals surface area contributed by atoms with Crippen LogP contribution in [-0.4, -0.2) is 58.4 Å². The molecule has 0 aromatic carbocycles. The monoisotopic (exact) mass is 294 g/mol. The molecular formula is C15H26N4O2. The van der Waals surface area contributed by atoms with Crippen LogP contribution in [0.3, 0.4) is 0 Å². The van der Waals surface area contributed by atoms with Gasteiger partial charge in [-0.15, -0.1) is 5.10 Å². The van der Waals surface area contributed by atoms with Crippen LogP contribution in [0, 0.1) is 0 Å². The predicted molar refractivity (Wildman–Crippen MR) is 78.8 cm³/mol. The summed E-state index contributed by atoms with van der Waals surface area (Å²) in [5.41, 5.74) is 1.05. The normalized spacial score (nSPS) is 25.3. The van der Waals surface area contributed by atoms with Gasteiger partial charge < -0.3 is 9.47 Å². The second-order valence-electron chi connectivity index (χ2n) is 6.18. The Hall–Kier alpha value is -0.980. The molecule has 2 fully saturated rings. The van der Waals surface area contributed by atoms with E-state index < -0.39 is 0 Å². The lowest BCUT2D eigenvalue weighted by Crippen LogP contribution is -2.38. The van der Waals surface area contributed by atoms with Crippen LogP contribution >= 0.6 is 0 Å². The van der Waals surface area contributed by atoms with Crippen LogP contribution in [0.4, 0.5) is 0 Å². The Morgan fingerprint density at radius 3 is 2.81 bits per heavy atom. The van der Waals surface area contributed by atoms with E-state index in [1.807, 2.05) is 13.2 Å². The summed E-state index contributed by atoms with van der Waals surface area (Å²) in [4.78, 5) is 2.43. The summed E-state index contributed by atoms with van der Waals surface area (Å²) in [6.45, 7) is 4.73. The first-order valence-corrected chi connectivity index (χ1v) is 8.10. The minimum Gasteiger partial charge on any atom is -0.376 e. The van der Waals surface area contributed by atoms with Crippen molar-refractivity contribution in [2.45, 2.75) is 50.9 Å². The molecule has 6 nitrogen and oxygen atoms in total. The summed E-state index contributed by atoms with van der Waals surface area (Å²) in [6.07, 6.45) is 8.57. The maximum absolute atomic E-state index is 6.04. The minimum atomic E-state index is 0.330. The van der Waals surface area contributed by atoms with Gasteiger partial charge in [-0.2, -0.15) is 0 Å². The van der Waals surface area contributed by atoms with Gasteiger partial charge in [0.05, 0.1) is 24.5 Å². The average molecular weight is 294 g/mol. The fraction of sp³-hybridized carbons (Fsp3) is 0.867. The zero-order valence-corrected chi connectivity index (χ0v) is 12.9. The van der Waals surface area contributed by atoms with Gasteiger partial charge in [0.1, 0.15) is 0 Å². The number of aromatic nitrogens is 3. The molecule has 2 aliphatic rings. The highest BCUT2D eigenvalue weighted by Crippen LogP contribution is 2.18. The van der Waals surface area contributed by atoms with Gasteiger partial charge in [0.2, 0.25) is 0 Å². The van der Waals surface area contributed by atoms with Crippen molar-refractivity contribution >= 4 is 0 Å². The summed E-state index contributed by atoms with van der Waals surface area (Å²) in [6, 6.07) is 0. The Morgan fingerprint density at radius 1 is 1.29 bits per heavy atom. The van der Waals surface area contributed by atoms with Crippen LogP contribution in [0.2, 0.25) is 0 Å². The summed E-state index contributed by atoms with van der Waals surface area (Å²) < 4.78 is 13.5. The van der Waals surface area contributed by atoms with Crippen molar-refractivity contribution in [3.8, 4) is 0 Å². The first kappa shape index (κ1) is 14.9. The van der Waals surface area contributed by atoms with Crippen molar-refractivity contribution in [2.75, 3.05) is 26.3 Å². The smallest absolute Gasteiger partial charge is 0.0967 e. The van der Waals surface area contributed by atoms with Crippen molar-refractivity contribution in [3.05, 3.63) is 11.9 Å². The third kappa shape index (κ3) is 4.49. The van der Waals surface area contributed by atoms with E-state index in [1.165, 1.54) is 12.8 Å². The molecule has 0 bridgehead atoms. The van der Waals surface area contributed by atoms with Gasteiger partial charge >= 0.3 is 0 Å². The maximum atomic E-state index is 6.04. The molecule has 6 heteroatoms. The minimum absolute atomic E-state index is 0.330. The van der Waals surface area contributed by atoms with Gasteiger partial charge in [0, 0.05) is 39.5 Å². The van der Waals surface area contributed by atoms with Gasteiger partial charge in [-0.25, -0.2) is 0 Å². The van der Waals surface area contributed by atoms with Crippen LogP contribution in [-0.2, 0) is 23.1 Å². The number of likely N-dealkylation sites (tertiary alicyclic amines) is 1. The largest absolute Gasteiger partial charge is 0.376 e. The highest BCUT2D eigenvalue weighted by molar-refractivity contribution is 4.92. The van der Waals surface area contributed by atoms with Gasteiger partial charge in [0.15, 0.2) is 0 Å². The summed E-state index contributed by atoms with van der Waals surface area (Å²) in [5.74, 6) is 0. The molecule has 0 amide bonds. The molecule has 2 saturated heterocycles. The highest BCUT2D eigenvalue weighted by Gasteiger charge is 2.22. The zero-order valence-electron chi connectivity index (χ0n) is 12.9. The molecule has 3 rings (SSSR count). The Kier molecular flexibility index (Phi) is 5.22. The molecule has 1 aromatic heterocycles. The van der Waals surface area contributed by atoms with Crippen molar-refractivity contribution in [1.82, 2.24) is 19.9 Å². The highest BCUT2D eigenvalue weighted by atomic mass is 16.5. The summed E-state index contributed by atoms with van der Waals surface area (Å²) >= 11 is 0. The molecule has 2 aliphatic heterocycles. The molecular weight excluding hydrogens is 268 g/mol. The Labute approximate surface area is 126 Å². The van der Waals surface area contributed by atoms with E-state index in [4.69, 9.17) is 9.47 Å². The lowest BCUT2D eigenvalue weighted by atomic mass is 10.1. The van der Waals surface area contributed by atoms with Crippen molar-refractivity contribution in [3.63, 3.8) is 0 Å². The molecule has 0 spiro atoms. The first-order chi connectivity index (χ1) is 10.3. The Bertz CT molecular complexity index is 423. The Balaban J connectivity index is 1.34. The lowest BCUT2D eigenvalue weighted by Gasteiger charge is -2.32. The molecule has 1 atom stereocenters. The van der Waals surface area contributed by atoms with Gasteiger partial charge in [-0.05, 0) is 32.1 Å². The maximum Gasteiger partial charge on any atom is 0.0967 e. The summed E-state index contributed by atoms with van der Waals surface area (Å²) in [5, 5.41) is 8.13. The number of ether oxygens (including phenoxy) is 2. The van der Waals surface area contributed by atoms with Crippen molar-refractivity contribution < 1.29 is 9.47 Å². The standard InChI is InChI=1S/C15H26N4O2/c1-18-10-13(16-17-18)11-19-7-5-14(6-8-19)21-12-15-4-2-3-9-20-15/h10,14-15H,2-9,11-12H2,1H3. The molecule has 0 radical (unpaired) electrons. The van der Waals surface area contributed by atoms with Crippen LogP contribution in [0.5, 0.6) is 0 Å². The van der Waals surface area contributed by atoms with Gasteiger partial charge in [-0.3, -0.25) is 9.58 Å². The number of piperidine rings is 1. The van der Waals surface area contributed by atoms with Crippen LogP contribution in [0.15, 0.2) is 6.20 Å². The molecule has 21 heavy (non-hydrogen) atoms. The Morgan fingerprint density at radius 2 is 2.14 bits per heavy atom.